The predicted octanol–water partition coefficient (Wildman–Crippen LogP) is 1.45. The highest BCUT2D eigenvalue weighted by molar-refractivity contribution is 5.31. The molecule has 0 unspecified atom stereocenters. The highest BCUT2D eigenvalue weighted by Gasteiger charge is 2.24. The number of nitrogens with zero attached hydrogens (tertiary/aromatic N) is 3. The number of aliphatic hydroxyl groups excluding tert-OH is 1. The molecule has 1 heterocycles. The van der Waals surface area contributed by atoms with Crippen molar-refractivity contribution in [3.8, 4) is 6.07 Å². The molecule has 0 spiro atoms. The van der Waals surface area contributed by atoms with E-state index in [1.54, 1.807) is 0 Å². The van der Waals surface area contributed by atoms with Crippen LogP contribution in [0.5, 0.6) is 0 Å². The highest BCUT2D eigenvalue weighted by atomic mass is 16.3. The van der Waals surface area contributed by atoms with Crippen LogP contribution in [0.15, 0.2) is 24.3 Å². The topological polar surface area (TPSA) is 50.5 Å². The molecular formula is C16H23N3O. The molecule has 1 aromatic carbocycles. The molecule has 1 aromatic rings. The Morgan fingerprint density at radius 2 is 2.05 bits per heavy atom. The fraction of sp³-hybridized carbons (Fsp3) is 0.562. The van der Waals surface area contributed by atoms with E-state index in [0.717, 1.165) is 32.7 Å². The van der Waals surface area contributed by atoms with Crippen LogP contribution >= 0.6 is 0 Å². The molecule has 0 radical (unpaired) electrons. The van der Waals surface area contributed by atoms with Gasteiger partial charge in [-0.25, -0.2) is 0 Å². The third kappa shape index (κ3) is 4.04. The Morgan fingerprint density at radius 1 is 1.35 bits per heavy atom. The fourth-order valence-electron chi connectivity index (χ4n) is 2.77. The van der Waals surface area contributed by atoms with Crippen molar-refractivity contribution in [2.24, 2.45) is 0 Å². The van der Waals surface area contributed by atoms with Crippen LogP contribution in [-0.4, -0.2) is 53.2 Å². The first kappa shape index (κ1) is 15.0. The van der Waals surface area contributed by atoms with Crippen LogP contribution in [0.3, 0.4) is 0 Å². The number of nitriles is 1. The van der Waals surface area contributed by atoms with E-state index in [0.29, 0.717) is 11.6 Å². The second-order valence-corrected chi connectivity index (χ2v) is 5.74. The lowest BCUT2D eigenvalue weighted by molar-refractivity contribution is 0.0423. The van der Waals surface area contributed by atoms with Gasteiger partial charge in [-0.3, -0.25) is 9.80 Å². The summed E-state index contributed by atoms with van der Waals surface area (Å²) in [4.78, 5) is 4.78. The van der Waals surface area contributed by atoms with Gasteiger partial charge in [-0.2, -0.15) is 5.26 Å². The Kier molecular flexibility index (Phi) is 5.13. The fourth-order valence-corrected chi connectivity index (χ4v) is 2.77. The summed E-state index contributed by atoms with van der Waals surface area (Å²) in [6.07, 6.45) is -0.262. The summed E-state index contributed by atoms with van der Waals surface area (Å²) in [6.45, 7) is 8.79. The Balaban J connectivity index is 1.88. The molecule has 0 aromatic heterocycles. The van der Waals surface area contributed by atoms with E-state index in [9.17, 15) is 5.11 Å². The molecular weight excluding hydrogens is 250 g/mol. The molecule has 1 aliphatic rings. The minimum absolute atomic E-state index is 0.262. The Labute approximate surface area is 121 Å². The Hall–Kier alpha value is -1.41. The Morgan fingerprint density at radius 3 is 2.60 bits per heavy atom. The standard InChI is InChI=1S/C16H23N3O/c1-13-10-18(7-8-19(13)11-14(2)20)12-16-5-3-15(9-17)4-6-16/h3-6,13-14,20H,7-8,10-12H2,1-2H3/t13-,14-/m0/s1. The van der Waals surface area contributed by atoms with Crippen LogP contribution in [0.1, 0.15) is 25.0 Å². The van der Waals surface area contributed by atoms with Crippen LogP contribution < -0.4 is 0 Å². The highest BCUT2D eigenvalue weighted by Crippen LogP contribution is 2.14. The monoisotopic (exact) mass is 273 g/mol. The van der Waals surface area contributed by atoms with Gasteiger partial charge in [0.2, 0.25) is 0 Å². The van der Waals surface area contributed by atoms with Crippen molar-refractivity contribution in [2.75, 3.05) is 26.2 Å². The van der Waals surface area contributed by atoms with Crippen molar-refractivity contribution in [1.29, 1.82) is 5.26 Å². The average Bonchev–Trinajstić information content (AvgIpc) is 2.42. The first-order chi connectivity index (χ1) is 9.58. The molecule has 1 aliphatic heterocycles. The number of rotatable bonds is 4. The van der Waals surface area contributed by atoms with E-state index in [-0.39, 0.29) is 6.10 Å². The number of benzene rings is 1. The van der Waals surface area contributed by atoms with Gasteiger partial charge < -0.3 is 5.11 Å². The first-order valence-electron chi connectivity index (χ1n) is 7.22. The lowest BCUT2D eigenvalue weighted by Crippen LogP contribution is -2.53. The minimum atomic E-state index is -0.262. The molecule has 0 aliphatic carbocycles. The van der Waals surface area contributed by atoms with Crippen molar-refractivity contribution in [1.82, 2.24) is 9.80 Å². The number of aliphatic hydroxyl groups is 1. The number of hydrogen-bond donors (Lipinski definition) is 1. The van der Waals surface area contributed by atoms with Gasteiger partial charge in [-0.05, 0) is 31.5 Å². The predicted molar refractivity (Wildman–Crippen MR) is 79.1 cm³/mol. The lowest BCUT2D eigenvalue weighted by atomic mass is 10.1. The normalized spacial score (nSPS) is 22.4. The van der Waals surface area contributed by atoms with Crippen molar-refractivity contribution in [3.63, 3.8) is 0 Å². The van der Waals surface area contributed by atoms with E-state index in [4.69, 9.17) is 5.26 Å². The van der Waals surface area contributed by atoms with Crippen LogP contribution in [0, 0.1) is 11.3 Å². The largest absolute Gasteiger partial charge is 0.392 e. The van der Waals surface area contributed by atoms with Gasteiger partial charge >= 0.3 is 0 Å². The molecule has 2 atom stereocenters. The molecule has 1 saturated heterocycles. The van der Waals surface area contributed by atoms with E-state index < -0.39 is 0 Å². The first-order valence-corrected chi connectivity index (χ1v) is 7.22. The maximum absolute atomic E-state index is 9.49. The van der Waals surface area contributed by atoms with Gasteiger partial charge in [0.05, 0.1) is 17.7 Å². The third-order valence-electron chi connectivity index (χ3n) is 3.84. The van der Waals surface area contributed by atoms with Gasteiger partial charge in [0.25, 0.3) is 0 Å². The summed E-state index contributed by atoms with van der Waals surface area (Å²) in [7, 11) is 0. The van der Waals surface area contributed by atoms with E-state index in [1.165, 1.54) is 5.56 Å². The van der Waals surface area contributed by atoms with Gasteiger partial charge in [-0.15, -0.1) is 0 Å². The number of hydrogen-bond acceptors (Lipinski definition) is 4. The summed E-state index contributed by atoms with van der Waals surface area (Å²) in [6, 6.07) is 10.4. The SMILES string of the molecule is C[C@H](O)CN1CCN(Cc2ccc(C#N)cc2)C[C@@H]1C. The van der Waals surface area contributed by atoms with Crippen molar-refractivity contribution < 1.29 is 5.11 Å². The summed E-state index contributed by atoms with van der Waals surface area (Å²) >= 11 is 0. The second kappa shape index (κ2) is 6.85. The zero-order valence-electron chi connectivity index (χ0n) is 12.3. The molecule has 4 nitrogen and oxygen atoms in total. The van der Waals surface area contributed by atoms with E-state index in [1.807, 2.05) is 31.2 Å². The quantitative estimate of drug-likeness (QED) is 0.902. The van der Waals surface area contributed by atoms with Gasteiger partial charge in [0.15, 0.2) is 0 Å². The van der Waals surface area contributed by atoms with Gasteiger partial charge in [-0.1, -0.05) is 12.1 Å². The van der Waals surface area contributed by atoms with Crippen molar-refractivity contribution in [3.05, 3.63) is 35.4 Å². The van der Waals surface area contributed by atoms with E-state index in [2.05, 4.69) is 22.8 Å². The molecule has 1 N–H and O–H groups in total. The summed E-state index contributed by atoms with van der Waals surface area (Å²) in [5, 5.41) is 18.3. The molecule has 0 saturated carbocycles. The summed E-state index contributed by atoms with van der Waals surface area (Å²) < 4.78 is 0. The van der Waals surface area contributed by atoms with E-state index >= 15 is 0 Å². The lowest BCUT2D eigenvalue weighted by Gasteiger charge is -2.40. The smallest absolute Gasteiger partial charge is 0.0991 e. The van der Waals surface area contributed by atoms with Crippen LogP contribution in [0.25, 0.3) is 0 Å². The van der Waals surface area contributed by atoms with Crippen LogP contribution in [0.2, 0.25) is 0 Å². The molecule has 0 amide bonds. The summed E-state index contributed by atoms with van der Waals surface area (Å²) in [5.41, 5.74) is 1.96. The maximum Gasteiger partial charge on any atom is 0.0991 e. The van der Waals surface area contributed by atoms with Gasteiger partial charge in [0, 0.05) is 38.8 Å². The Bertz CT molecular complexity index is 464. The van der Waals surface area contributed by atoms with Crippen LogP contribution in [-0.2, 0) is 6.54 Å². The molecule has 2 rings (SSSR count). The van der Waals surface area contributed by atoms with Crippen molar-refractivity contribution >= 4 is 0 Å². The molecule has 1 fully saturated rings. The third-order valence-corrected chi connectivity index (χ3v) is 3.84. The minimum Gasteiger partial charge on any atom is -0.392 e. The molecule has 4 heteroatoms. The number of β-amino-alcohol motifs (C(OH)–C–C–N with tert-alkyl or cyclic N) is 1. The zero-order valence-corrected chi connectivity index (χ0v) is 12.3. The maximum atomic E-state index is 9.49. The van der Waals surface area contributed by atoms with Crippen LogP contribution in [0.4, 0.5) is 0 Å². The molecule has 20 heavy (non-hydrogen) atoms. The molecule has 0 bridgehead atoms. The number of piperazine rings is 1. The average molecular weight is 273 g/mol. The summed E-state index contributed by atoms with van der Waals surface area (Å²) in [5.74, 6) is 0. The zero-order chi connectivity index (χ0) is 14.5. The van der Waals surface area contributed by atoms with Crippen molar-refractivity contribution in [2.45, 2.75) is 32.5 Å². The molecule has 108 valence electrons. The van der Waals surface area contributed by atoms with Gasteiger partial charge in [0.1, 0.15) is 0 Å². The second-order valence-electron chi connectivity index (χ2n) is 5.74.